The molecule has 2 atom stereocenters. The molecule has 34 heavy (non-hydrogen) atoms. The molecule has 1 saturated carbocycles. The Morgan fingerprint density at radius 1 is 1.41 bits per heavy atom. The molecule has 0 spiro atoms. The maximum Gasteiger partial charge on any atom is 0.280 e. The summed E-state index contributed by atoms with van der Waals surface area (Å²) in [6, 6.07) is 6.74. The second-order valence-electron chi connectivity index (χ2n) is 9.11. The first-order valence-electron chi connectivity index (χ1n) is 11.5. The highest BCUT2D eigenvalue weighted by Crippen LogP contribution is 2.33. The molecule has 0 saturated heterocycles. The first-order valence-corrected chi connectivity index (χ1v) is 12.7. The van der Waals surface area contributed by atoms with Crippen LogP contribution in [0.15, 0.2) is 24.3 Å². The van der Waals surface area contributed by atoms with Gasteiger partial charge in [0.2, 0.25) is 5.78 Å². The van der Waals surface area contributed by atoms with E-state index in [1.165, 1.54) is 11.3 Å². The molecule has 3 heterocycles. The molecule has 8 nitrogen and oxygen atoms in total. The summed E-state index contributed by atoms with van der Waals surface area (Å²) in [5.74, 6) is -0.462. The minimum Gasteiger partial charge on any atom is -0.383 e. The second kappa shape index (κ2) is 9.39. The Hall–Kier alpha value is -2.30. The number of rotatable bonds is 7. The molecule has 5 rings (SSSR count). The van der Waals surface area contributed by atoms with Crippen LogP contribution in [0, 0.1) is 0 Å². The number of nitrogens with one attached hydrogen (secondary N) is 2. The van der Waals surface area contributed by atoms with E-state index in [1.807, 2.05) is 12.1 Å². The van der Waals surface area contributed by atoms with Crippen LogP contribution in [0.2, 0.25) is 5.02 Å². The molecule has 1 aliphatic carbocycles. The van der Waals surface area contributed by atoms with E-state index in [0.29, 0.717) is 35.2 Å². The third-order valence-corrected chi connectivity index (χ3v) is 8.19. The van der Waals surface area contributed by atoms with E-state index in [0.717, 1.165) is 53.9 Å². The van der Waals surface area contributed by atoms with Crippen LogP contribution in [-0.4, -0.2) is 64.9 Å². The van der Waals surface area contributed by atoms with E-state index in [2.05, 4.69) is 20.2 Å². The van der Waals surface area contributed by atoms with Gasteiger partial charge < -0.3 is 20.8 Å². The molecule has 2 aliphatic rings. The smallest absolute Gasteiger partial charge is 0.280 e. The quantitative estimate of drug-likeness (QED) is 0.429. The molecule has 0 radical (unpaired) electrons. The molecular formula is C24H28ClN5O3S. The zero-order valence-corrected chi connectivity index (χ0v) is 20.6. The van der Waals surface area contributed by atoms with Crippen molar-refractivity contribution in [2.75, 3.05) is 26.8 Å². The van der Waals surface area contributed by atoms with Crippen LogP contribution in [-0.2, 0) is 17.7 Å². The Balaban J connectivity index is 1.31. The van der Waals surface area contributed by atoms with Crippen LogP contribution in [0.5, 0.6) is 0 Å². The predicted octanol–water partition coefficient (Wildman–Crippen LogP) is 3.15. The fourth-order valence-electron chi connectivity index (χ4n) is 4.96. The van der Waals surface area contributed by atoms with Crippen molar-refractivity contribution in [2.45, 2.75) is 43.8 Å². The van der Waals surface area contributed by atoms with E-state index >= 15 is 0 Å². The summed E-state index contributed by atoms with van der Waals surface area (Å²) >= 11 is 7.51. The number of Topliss-reactive ketones (excluding diaryl/α,β-unsaturated/α-hetero) is 1. The number of ketones is 1. The first-order chi connectivity index (χ1) is 16.4. The average molecular weight is 502 g/mol. The highest BCUT2D eigenvalue weighted by Gasteiger charge is 2.47. The molecule has 1 fully saturated rings. The normalized spacial score (nSPS) is 22.7. The molecule has 1 aromatic carbocycles. The number of hydrogen-bond acceptors (Lipinski definition) is 7. The van der Waals surface area contributed by atoms with Crippen LogP contribution in [0.25, 0.3) is 10.9 Å². The molecule has 180 valence electrons. The zero-order valence-electron chi connectivity index (χ0n) is 19.0. The number of hydrogen-bond donors (Lipinski definition) is 3. The highest BCUT2D eigenvalue weighted by molar-refractivity contribution is 7.13. The number of nitrogens with zero attached hydrogens (tertiary/aromatic N) is 2. The number of carbonyl (C=O) groups excluding carboxylic acids is 2. The number of benzene rings is 1. The van der Waals surface area contributed by atoms with E-state index in [-0.39, 0.29) is 11.7 Å². The van der Waals surface area contributed by atoms with E-state index in [9.17, 15) is 9.59 Å². The molecule has 1 aliphatic heterocycles. The Bertz CT molecular complexity index is 1240. The lowest BCUT2D eigenvalue weighted by Gasteiger charge is -2.30. The molecule has 2 aromatic heterocycles. The van der Waals surface area contributed by atoms with Gasteiger partial charge >= 0.3 is 0 Å². The summed E-state index contributed by atoms with van der Waals surface area (Å²) in [6.45, 7) is 3.21. The molecule has 1 amide bonds. The molecule has 10 heteroatoms. The van der Waals surface area contributed by atoms with Gasteiger partial charge in [0.25, 0.3) is 5.91 Å². The van der Waals surface area contributed by atoms with Gasteiger partial charge in [-0.05, 0) is 43.5 Å². The third kappa shape index (κ3) is 4.38. The van der Waals surface area contributed by atoms with Crippen molar-refractivity contribution in [1.29, 1.82) is 0 Å². The minimum atomic E-state index is -1.17. The summed E-state index contributed by atoms with van der Waals surface area (Å²) in [4.78, 5) is 37.8. The standard InChI is InChI=1S/C24H28ClN5O3S/c1-33-10-9-30-8-6-17-19(13-30)34-23(28-17)22(32)29-20-3-2-7-24(20,26)21(31)18-12-14-11-15(25)4-5-16(14)27-18/h4-5,11-12,20,27H,2-3,6-10,13,26H2,1H3,(H,29,32). The van der Waals surface area contributed by atoms with Crippen molar-refractivity contribution in [3.63, 3.8) is 0 Å². The van der Waals surface area contributed by atoms with Gasteiger partial charge in [0.15, 0.2) is 5.01 Å². The summed E-state index contributed by atoms with van der Waals surface area (Å²) in [6.07, 6.45) is 2.74. The topological polar surface area (TPSA) is 113 Å². The Morgan fingerprint density at radius 3 is 3.09 bits per heavy atom. The first kappa shape index (κ1) is 23.4. The number of methoxy groups -OCH3 is 1. The van der Waals surface area contributed by atoms with E-state index in [4.69, 9.17) is 22.1 Å². The Kier molecular flexibility index (Phi) is 6.47. The highest BCUT2D eigenvalue weighted by atomic mass is 35.5. The molecule has 0 bridgehead atoms. The van der Waals surface area contributed by atoms with Crippen molar-refractivity contribution in [1.82, 2.24) is 20.2 Å². The maximum atomic E-state index is 13.5. The number of carbonyl (C=O) groups is 2. The van der Waals surface area contributed by atoms with Gasteiger partial charge in [0.1, 0.15) is 5.54 Å². The fourth-order valence-corrected chi connectivity index (χ4v) is 6.19. The SMILES string of the molecule is COCCN1CCc2nc(C(=O)NC3CCCC3(N)C(=O)c3cc4cc(Cl)ccc4[nH]3)sc2C1. The summed E-state index contributed by atoms with van der Waals surface area (Å²) in [7, 11) is 1.70. The van der Waals surface area contributed by atoms with Crippen LogP contribution in [0.4, 0.5) is 0 Å². The van der Waals surface area contributed by atoms with Crippen molar-refractivity contribution in [3.05, 3.63) is 50.6 Å². The maximum absolute atomic E-state index is 13.5. The van der Waals surface area contributed by atoms with Gasteiger partial charge in [-0.3, -0.25) is 14.5 Å². The van der Waals surface area contributed by atoms with Crippen LogP contribution in [0.3, 0.4) is 0 Å². The number of aromatic amines is 1. The van der Waals surface area contributed by atoms with Gasteiger partial charge in [-0.25, -0.2) is 4.98 Å². The number of amides is 1. The van der Waals surface area contributed by atoms with E-state index in [1.54, 1.807) is 19.2 Å². The van der Waals surface area contributed by atoms with Gasteiger partial charge in [-0.1, -0.05) is 11.6 Å². The van der Waals surface area contributed by atoms with Gasteiger partial charge in [-0.2, -0.15) is 0 Å². The van der Waals surface area contributed by atoms with Crippen molar-refractivity contribution in [2.24, 2.45) is 5.73 Å². The molecule has 3 aromatic rings. The monoisotopic (exact) mass is 501 g/mol. The van der Waals surface area contributed by atoms with E-state index < -0.39 is 11.6 Å². The fraction of sp³-hybridized carbons (Fsp3) is 0.458. The largest absolute Gasteiger partial charge is 0.383 e. The Labute approximate surface area is 206 Å². The summed E-state index contributed by atoms with van der Waals surface area (Å²) < 4.78 is 5.18. The molecular weight excluding hydrogens is 474 g/mol. The number of halogens is 1. The van der Waals surface area contributed by atoms with Gasteiger partial charge in [-0.15, -0.1) is 11.3 Å². The van der Waals surface area contributed by atoms with Crippen molar-refractivity contribution < 1.29 is 14.3 Å². The minimum absolute atomic E-state index is 0.199. The Morgan fingerprint density at radius 2 is 2.26 bits per heavy atom. The third-order valence-electron chi connectivity index (χ3n) is 6.88. The molecule has 4 N–H and O–H groups in total. The lowest BCUT2D eigenvalue weighted by Crippen LogP contribution is -2.60. The lowest BCUT2D eigenvalue weighted by atomic mass is 9.87. The van der Waals surface area contributed by atoms with Crippen LogP contribution in [0.1, 0.15) is 50.1 Å². The van der Waals surface area contributed by atoms with Gasteiger partial charge in [0, 0.05) is 54.0 Å². The second-order valence-corrected chi connectivity index (χ2v) is 10.6. The number of H-pyrrole nitrogens is 1. The number of aromatic nitrogens is 2. The zero-order chi connectivity index (χ0) is 23.9. The number of ether oxygens (including phenoxy) is 1. The lowest BCUT2D eigenvalue weighted by molar-refractivity contribution is 0.0831. The summed E-state index contributed by atoms with van der Waals surface area (Å²) in [5.41, 5.74) is 7.74. The predicted molar refractivity (Wildman–Crippen MR) is 133 cm³/mol. The number of nitrogens with two attached hydrogens (primary N) is 1. The van der Waals surface area contributed by atoms with Crippen molar-refractivity contribution in [3.8, 4) is 0 Å². The van der Waals surface area contributed by atoms with Crippen LogP contribution < -0.4 is 11.1 Å². The number of fused-ring (bicyclic) bond motifs is 2. The van der Waals surface area contributed by atoms with Crippen molar-refractivity contribution >= 4 is 45.5 Å². The van der Waals surface area contributed by atoms with Crippen LogP contribution >= 0.6 is 22.9 Å². The number of thiazole rings is 1. The average Bonchev–Trinajstić information content (AvgIpc) is 3.53. The molecule has 2 unspecified atom stereocenters. The van der Waals surface area contributed by atoms with Gasteiger partial charge in [0.05, 0.1) is 24.0 Å². The summed E-state index contributed by atoms with van der Waals surface area (Å²) in [5, 5.41) is 4.92.